The Morgan fingerprint density at radius 1 is 1.40 bits per heavy atom. The van der Waals surface area contributed by atoms with Gasteiger partial charge in [0.05, 0.1) is 12.7 Å². The molecule has 0 saturated heterocycles. The molecule has 0 aromatic carbocycles. The lowest BCUT2D eigenvalue weighted by Crippen LogP contribution is -2.20. The van der Waals surface area contributed by atoms with Crippen molar-refractivity contribution in [2.24, 2.45) is 0 Å². The molecule has 1 fully saturated rings. The molecule has 1 aliphatic carbocycles. The number of halogens is 3. The molecule has 0 unspecified atom stereocenters. The Hall–Kier alpha value is -1.26. The third kappa shape index (κ3) is 2.22. The van der Waals surface area contributed by atoms with Crippen LogP contribution in [0.15, 0.2) is 27.6 Å². The lowest BCUT2D eigenvalue weighted by Gasteiger charge is -2.15. The summed E-state index contributed by atoms with van der Waals surface area (Å²) in [7, 11) is 0. The van der Waals surface area contributed by atoms with Gasteiger partial charge < -0.3 is 4.42 Å². The van der Waals surface area contributed by atoms with Crippen molar-refractivity contribution < 1.29 is 17.6 Å². The van der Waals surface area contributed by atoms with E-state index in [1.54, 1.807) is 0 Å². The first-order valence-electron chi connectivity index (χ1n) is 4.57. The van der Waals surface area contributed by atoms with Crippen LogP contribution in [0.5, 0.6) is 0 Å². The molecule has 1 aromatic heterocycles. The van der Waals surface area contributed by atoms with E-state index in [0.717, 1.165) is 12.3 Å². The van der Waals surface area contributed by atoms with E-state index in [-0.39, 0.29) is 11.2 Å². The first kappa shape index (κ1) is 10.3. The fraction of sp³-hybridized carbons (Fsp3) is 0.500. The maximum absolute atomic E-state index is 12.3. The molecule has 1 aromatic rings. The highest BCUT2D eigenvalue weighted by molar-refractivity contribution is 5.22. The number of hydrogen-bond donors (Lipinski definition) is 0. The van der Waals surface area contributed by atoms with Crippen LogP contribution in [0.1, 0.15) is 25.0 Å². The fourth-order valence-electron chi connectivity index (χ4n) is 1.71. The first-order chi connectivity index (χ1) is 6.91. The van der Waals surface area contributed by atoms with Crippen molar-refractivity contribution in [2.75, 3.05) is 0 Å². The lowest BCUT2D eigenvalue weighted by molar-refractivity contribution is -0.142. The van der Waals surface area contributed by atoms with E-state index in [0.29, 0.717) is 12.8 Å². The van der Waals surface area contributed by atoms with Crippen LogP contribution >= 0.6 is 0 Å². The highest BCUT2D eigenvalue weighted by atomic mass is 19.4. The minimum atomic E-state index is -4.22. The van der Waals surface area contributed by atoms with Crippen LogP contribution < -0.4 is 5.43 Å². The van der Waals surface area contributed by atoms with E-state index in [1.807, 2.05) is 0 Å². The van der Waals surface area contributed by atoms with Crippen LogP contribution in [0, 0.1) is 0 Å². The molecular formula is C10H9F3O2. The van der Waals surface area contributed by atoms with Crippen molar-refractivity contribution in [3.8, 4) is 0 Å². The second kappa shape index (κ2) is 3.12. The zero-order valence-electron chi connectivity index (χ0n) is 7.80. The van der Waals surface area contributed by atoms with Crippen LogP contribution in [-0.4, -0.2) is 6.18 Å². The van der Waals surface area contributed by atoms with Crippen LogP contribution in [0.2, 0.25) is 0 Å². The Balaban J connectivity index is 2.27. The summed E-state index contributed by atoms with van der Waals surface area (Å²) in [6, 6.07) is 2.34. The minimum Gasteiger partial charge on any atom is -0.468 e. The predicted octanol–water partition coefficient (Wildman–Crippen LogP) is 2.62. The van der Waals surface area contributed by atoms with Crippen LogP contribution in [0.4, 0.5) is 13.2 Å². The maximum Gasteiger partial charge on any atom is 0.390 e. The maximum atomic E-state index is 12.3. The molecule has 1 heterocycles. The monoisotopic (exact) mass is 218 g/mol. The summed E-state index contributed by atoms with van der Waals surface area (Å²) in [4.78, 5) is 11.0. The third-order valence-corrected chi connectivity index (χ3v) is 2.62. The molecule has 5 heteroatoms. The molecular weight excluding hydrogens is 209 g/mol. The van der Waals surface area contributed by atoms with Crippen molar-refractivity contribution in [1.29, 1.82) is 0 Å². The Morgan fingerprint density at radius 2 is 2.07 bits per heavy atom. The van der Waals surface area contributed by atoms with E-state index in [4.69, 9.17) is 4.42 Å². The SMILES string of the molecule is O=c1ccoc(C2(CC(F)(F)F)CC2)c1. The summed E-state index contributed by atoms with van der Waals surface area (Å²) in [6.45, 7) is 0. The average molecular weight is 218 g/mol. The molecule has 1 aliphatic rings. The summed E-state index contributed by atoms with van der Waals surface area (Å²) < 4.78 is 41.8. The van der Waals surface area contributed by atoms with Gasteiger partial charge in [-0.1, -0.05) is 0 Å². The van der Waals surface area contributed by atoms with E-state index in [9.17, 15) is 18.0 Å². The summed E-state index contributed by atoms with van der Waals surface area (Å²) in [5.41, 5.74) is -1.29. The zero-order chi connectivity index (χ0) is 11.1. The van der Waals surface area contributed by atoms with Gasteiger partial charge in [0, 0.05) is 17.5 Å². The van der Waals surface area contributed by atoms with E-state index in [1.165, 1.54) is 6.07 Å². The summed E-state index contributed by atoms with van der Waals surface area (Å²) in [6.07, 6.45) is -3.12. The molecule has 0 amide bonds. The Kier molecular flexibility index (Phi) is 2.13. The van der Waals surface area contributed by atoms with E-state index >= 15 is 0 Å². The molecule has 82 valence electrons. The van der Waals surface area contributed by atoms with Crippen LogP contribution in [0.25, 0.3) is 0 Å². The van der Waals surface area contributed by atoms with Gasteiger partial charge in [-0.25, -0.2) is 0 Å². The molecule has 0 atom stereocenters. The van der Waals surface area contributed by atoms with Crippen LogP contribution in [0.3, 0.4) is 0 Å². The predicted molar refractivity (Wildman–Crippen MR) is 46.6 cm³/mol. The van der Waals surface area contributed by atoms with Crippen LogP contribution in [-0.2, 0) is 5.41 Å². The smallest absolute Gasteiger partial charge is 0.390 e. The van der Waals surface area contributed by atoms with Gasteiger partial charge in [-0.15, -0.1) is 0 Å². The van der Waals surface area contributed by atoms with Gasteiger partial charge in [-0.2, -0.15) is 13.2 Å². The normalized spacial score (nSPS) is 18.9. The third-order valence-electron chi connectivity index (χ3n) is 2.62. The second-order valence-corrected chi connectivity index (χ2v) is 3.90. The van der Waals surface area contributed by atoms with Gasteiger partial charge >= 0.3 is 6.18 Å². The molecule has 0 bridgehead atoms. The highest BCUT2D eigenvalue weighted by Gasteiger charge is 2.53. The van der Waals surface area contributed by atoms with Crippen molar-refractivity contribution in [2.45, 2.75) is 30.9 Å². The summed E-state index contributed by atoms with van der Waals surface area (Å²) >= 11 is 0. The summed E-state index contributed by atoms with van der Waals surface area (Å²) in [5, 5.41) is 0. The molecule has 0 radical (unpaired) electrons. The van der Waals surface area contributed by atoms with Gasteiger partial charge in [0.15, 0.2) is 5.43 Å². The minimum absolute atomic E-state index is 0.160. The quantitative estimate of drug-likeness (QED) is 0.763. The Labute approximate surface area is 83.7 Å². The van der Waals surface area contributed by atoms with Crippen molar-refractivity contribution in [1.82, 2.24) is 0 Å². The van der Waals surface area contributed by atoms with E-state index < -0.39 is 18.0 Å². The lowest BCUT2D eigenvalue weighted by atomic mass is 9.98. The number of hydrogen-bond acceptors (Lipinski definition) is 2. The molecule has 2 rings (SSSR count). The van der Waals surface area contributed by atoms with Gasteiger partial charge in [0.25, 0.3) is 0 Å². The second-order valence-electron chi connectivity index (χ2n) is 3.90. The molecule has 2 nitrogen and oxygen atoms in total. The summed E-state index contributed by atoms with van der Waals surface area (Å²) in [5.74, 6) is 0.160. The zero-order valence-corrected chi connectivity index (χ0v) is 7.80. The average Bonchev–Trinajstić information content (AvgIpc) is 2.83. The van der Waals surface area contributed by atoms with Crippen molar-refractivity contribution in [3.05, 3.63) is 34.4 Å². The molecule has 0 N–H and O–H groups in total. The van der Waals surface area contributed by atoms with Crippen molar-refractivity contribution >= 4 is 0 Å². The van der Waals surface area contributed by atoms with Gasteiger partial charge in [-0.05, 0) is 12.8 Å². The Morgan fingerprint density at radius 3 is 2.53 bits per heavy atom. The number of rotatable bonds is 2. The van der Waals surface area contributed by atoms with Crippen molar-refractivity contribution in [3.63, 3.8) is 0 Å². The molecule has 15 heavy (non-hydrogen) atoms. The molecule has 0 aliphatic heterocycles. The first-order valence-corrected chi connectivity index (χ1v) is 4.57. The molecule has 1 saturated carbocycles. The topological polar surface area (TPSA) is 30.2 Å². The molecule has 0 spiro atoms. The van der Waals surface area contributed by atoms with Gasteiger partial charge in [0.2, 0.25) is 0 Å². The largest absolute Gasteiger partial charge is 0.468 e. The fourth-order valence-corrected chi connectivity index (χ4v) is 1.71. The highest BCUT2D eigenvalue weighted by Crippen LogP contribution is 2.54. The van der Waals surface area contributed by atoms with Gasteiger partial charge in [0.1, 0.15) is 5.76 Å². The Bertz CT molecular complexity index is 415. The standard InChI is InChI=1S/C10H9F3O2/c11-10(12,13)6-9(2-3-9)8-5-7(14)1-4-15-8/h1,4-5H,2-3,6H2. The number of alkyl halides is 3. The van der Waals surface area contributed by atoms with E-state index in [2.05, 4.69) is 0 Å². The van der Waals surface area contributed by atoms with Gasteiger partial charge in [-0.3, -0.25) is 4.79 Å².